The number of carbonyl (C=O) groups is 1. The molecule has 0 aromatic heterocycles. The summed E-state index contributed by atoms with van der Waals surface area (Å²) in [5, 5.41) is 0. The molecule has 1 aromatic carbocycles. The summed E-state index contributed by atoms with van der Waals surface area (Å²) in [4.78, 5) is 11.7. The molecule has 0 amide bonds. The van der Waals surface area contributed by atoms with Crippen molar-refractivity contribution in [1.82, 2.24) is 0 Å². The van der Waals surface area contributed by atoms with Crippen molar-refractivity contribution in [2.75, 3.05) is 0 Å². The summed E-state index contributed by atoms with van der Waals surface area (Å²) in [6, 6.07) is 10.1. The van der Waals surface area contributed by atoms with Crippen molar-refractivity contribution in [3.05, 3.63) is 45.7 Å². The van der Waals surface area contributed by atoms with Gasteiger partial charge in [-0.1, -0.05) is 30.3 Å². The van der Waals surface area contributed by atoms with E-state index in [4.69, 9.17) is 4.74 Å². The number of allylic oxidation sites excluding steroid dienone is 1. The van der Waals surface area contributed by atoms with E-state index in [1.54, 1.807) is 0 Å². The van der Waals surface area contributed by atoms with E-state index in [2.05, 4.69) is 34.7 Å². The molecule has 2 nitrogen and oxygen atoms in total. The maximum Gasteiger partial charge on any atom is 0.314 e. The molecule has 0 saturated carbocycles. The van der Waals surface area contributed by atoms with E-state index in [9.17, 15) is 4.79 Å². The Labute approximate surface area is 109 Å². The zero-order valence-corrected chi connectivity index (χ0v) is 11.0. The Morgan fingerprint density at radius 3 is 2.75 bits per heavy atom. The van der Waals surface area contributed by atoms with Gasteiger partial charge in [-0.2, -0.15) is 0 Å². The van der Waals surface area contributed by atoms with Crippen LogP contribution in [-0.2, 0) is 16.0 Å². The van der Waals surface area contributed by atoms with Crippen molar-refractivity contribution in [3.63, 3.8) is 0 Å². The molecule has 3 heteroatoms. The fourth-order valence-electron chi connectivity index (χ4n) is 1.86. The molecular weight excluding hydrogens is 315 g/mol. The van der Waals surface area contributed by atoms with Crippen LogP contribution >= 0.6 is 22.6 Å². The average molecular weight is 328 g/mol. The number of hydrogen-bond acceptors (Lipinski definition) is 2. The van der Waals surface area contributed by atoms with E-state index >= 15 is 0 Å². The molecule has 0 radical (unpaired) electrons. The Balaban J connectivity index is 2.00. The van der Waals surface area contributed by atoms with Crippen molar-refractivity contribution in [3.8, 4) is 0 Å². The quantitative estimate of drug-likeness (QED) is 0.614. The van der Waals surface area contributed by atoms with E-state index in [1.807, 2.05) is 22.3 Å². The van der Waals surface area contributed by atoms with E-state index in [1.165, 1.54) is 5.56 Å². The molecule has 0 spiro atoms. The summed E-state index contributed by atoms with van der Waals surface area (Å²) >= 11 is 2.11. The van der Waals surface area contributed by atoms with Crippen molar-refractivity contribution < 1.29 is 9.53 Å². The third-order valence-electron chi connectivity index (χ3n) is 2.75. The number of esters is 1. The summed E-state index contributed by atoms with van der Waals surface area (Å²) in [7, 11) is 0. The zero-order valence-electron chi connectivity index (χ0n) is 8.86. The second-order valence-corrected chi connectivity index (χ2v) is 4.54. The molecule has 1 aliphatic rings. The van der Waals surface area contributed by atoms with Gasteiger partial charge < -0.3 is 4.74 Å². The number of hydrogen-bond donors (Lipinski definition) is 0. The van der Waals surface area contributed by atoms with Crippen molar-refractivity contribution >= 4 is 28.6 Å². The van der Waals surface area contributed by atoms with E-state index in [0.717, 1.165) is 25.0 Å². The molecule has 0 bridgehead atoms. The molecule has 2 rings (SSSR count). The van der Waals surface area contributed by atoms with Crippen LogP contribution in [0.15, 0.2) is 40.2 Å². The van der Waals surface area contributed by atoms with E-state index < -0.39 is 0 Å². The Kier molecular flexibility index (Phi) is 3.98. The number of cyclic esters (lactones) is 1. The normalized spacial score (nSPS) is 23.2. The topological polar surface area (TPSA) is 26.3 Å². The van der Waals surface area contributed by atoms with E-state index in [0.29, 0.717) is 0 Å². The monoisotopic (exact) mass is 328 g/mol. The number of ether oxygens (including phenoxy) is 1. The second-order valence-electron chi connectivity index (χ2n) is 3.92. The minimum Gasteiger partial charge on any atom is -0.430 e. The Hall–Kier alpha value is -0.840. The molecular formula is C13H13IO2. The molecule has 1 saturated heterocycles. The van der Waals surface area contributed by atoms with Gasteiger partial charge in [0.2, 0.25) is 0 Å². The second kappa shape index (κ2) is 5.48. The van der Waals surface area contributed by atoms with Gasteiger partial charge in [-0.25, -0.2) is 0 Å². The average Bonchev–Trinajstić information content (AvgIpc) is 2.33. The fourth-order valence-corrected chi connectivity index (χ4v) is 2.30. The van der Waals surface area contributed by atoms with Gasteiger partial charge in [0.25, 0.3) is 0 Å². The highest BCUT2D eigenvalue weighted by Gasteiger charge is 2.26. The van der Waals surface area contributed by atoms with Gasteiger partial charge in [0.1, 0.15) is 5.76 Å². The molecule has 1 atom stereocenters. The highest BCUT2D eigenvalue weighted by Crippen LogP contribution is 2.26. The van der Waals surface area contributed by atoms with Gasteiger partial charge in [0, 0.05) is 10.5 Å². The smallest absolute Gasteiger partial charge is 0.314 e. The minimum atomic E-state index is -0.0852. The summed E-state index contributed by atoms with van der Waals surface area (Å²) in [6.07, 6.45) is 2.54. The number of halogens is 1. The van der Waals surface area contributed by atoms with Crippen LogP contribution in [0.3, 0.4) is 0 Å². The number of benzene rings is 1. The van der Waals surface area contributed by atoms with Crippen LogP contribution < -0.4 is 0 Å². The summed E-state index contributed by atoms with van der Waals surface area (Å²) in [5.74, 6) is 0.732. The standard InChI is InChI=1S/C13H13IO2/c14-9-12-7-6-11(13(15)16-12)8-10-4-2-1-3-5-10/h1-5,9,11H,6-8H2. The first kappa shape index (κ1) is 11.6. The molecule has 1 heterocycles. The first-order valence-electron chi connectivity index (χ1n) is 5.34. The molecule has 16 heavy (non-hydrogen) atoms. The van der Waals surface area contributed by atoms with Gasteiger partial charge in [0.05, 0.1) is 5.92 Å². The van der Waals surface area contributed by atoms with E-state index in [-0.39, 0.29) is 11.9 Å². The van der Waals surface area contributed by atoms with Crippen molar-refractivity contribution in [2.45, 2.75) is 19.3 Å². The lowest BCUT2D eigenvalue weighted by Gasteiger charge is -2.22. The fraction of sp³-hybridized carbons (Fsp3) is 0.308. The van der Waals surface area contributed by atoms with Crippen LogP contribution in [0.1, 0.15) is 18.4 Å². The molecule has 1 aromatic rings. The van der Waals surface area contributed by atoms with Crippen LogP contribution in [0.2, 0.25) is 0 Å². The third-order valence-corrected chi connectivity index (χ3v) is 3.45. The highest BCUT2D eigenvalue weighted by atomic mass is 127. The van der Waals surface area contributed by atoms with Gasteiger partial charge >= 0.3 is 5.97 Å². The summed E-state index contributed by atoms with van der Waals surface area (Å²) in [6.45, 7) is 0. The molecule has 1 aliphatic heterocycles. The highest BCUT2D eigenvalue weighted by molar-refractivity contribution is 14.1. The Bertz CT molecular complexity index is 398. The van der Waals surface area contributed by atoms with Crippen LogP contribution in [-0.4, -0.2) is 5.97 Å². The Morgan fingerprint density at radius 1 is 1.38 bits per heavy atom. The van der Waals surface area contributed by atoms with Gasteiger partial charge in [-0.3, -0.25) is 4.79 Å². The lowest BCUT2D eigenvalue weighted by atomic mass is 9.93. The molecule has 84 valence electrons. The van der Waals surface area contributed by atoms with Gasteiger partial charge in [0.15, 0.2) is 0 Å². The van der Waals surface area contributed by atoms with Crippen LogP contribution in [0.4, 0.5) is 0 Å². The first-order chi connectivity index (χ1) is 7.79. The first-order valence-corrected chi connectivity index (χ1v) is 6.59. The predicted octanol–water partition coefficient (Wildman–Crippen LogP) is 3.46. The maximum atomic E-state index is 11.7. The van der Waals surface area contributed by atoms with Crippen LogP contribution in [0.5, 0.6) is 0 Å². The lowest BCUT2D eigenvalue weighted by Crippen LogP contribution is -2.24. The molecule has 0 N–H and O–H groups in total. The van der Waals surface area contributed by atoms with Gasteiger partial charge in [-0.05, 0) is 41.0 Å². The van der Waals surface area contributed by atoms with Crippen molar-refractivity contribution in [1.29, 1.82) is 0 Å². The molecule has 1 fully saturated rings. The number of rotatable bonds is 2. The SMILES string of the molecule is O=C1OC(=CI)CCC1Cc1ccccc1. The van der Waals surface area contributed by atoms with Crippen LogP contribution in [0, 0.1) is 5.92 Å². The predicted molar refractivity (Wildman–Crippen MR) is 71.1 cm³/mol. The van der Waals surface area contributed by atoms with Gasteiger partial charge in [-0.15, -0.1) is 0 Å². The largest absolute Gasteiger partial charge is 0.430 e. The third kappa shape index (κ3) is 2.84. The lowest BCUT2D eigenvalue weighted by molar-refractivity contribution is -0.147. The Morgan fingerprint density at radius 2 is 2.12 bits per heavy atom. The maximum absolute atomic E-state index is 11.7. The van der Waals surface area contributed by atoms with Crippen molar-refractivity contribution in [2.24, 2.45) is 5.92 Å². The number of carbonyl (C=O) groups excluding carboxylic acids is 1. The molecule has 1 unspecified atom stereocenters. The molecule has 0 aliphatic carbocycles. The zero-order chi connectivity index (χ0) is 11.4. The minimum absolute atomic E-state index is 0.0162. The summed E-state index contributed by atoms with van der Waals surface area (Å²) < 4.78 is 7.08. The summed E-state index contributed by atoms with van der Waals surface area (Å²) in [5.41, 5.74) is 1.20. The van der Waals surface area contributed by atoms with Crippen LogP contribution in [0.25, 0.3) is 0 Å².